The minimum Gasteiger partial charge on any atom is -0.333 e. The molecular formula is C23H26FN3O2. The second kappa shape index (κ2) is 8.99. The lowest BCUT2D eigenvalue weighted by Crippen LogP contribution is -2.37. The minimum atomic E-state index is -0.406. The van der Waals surface area contributed by atoms with Gasteiger partial charge in [0.25, 0.3) is 5.56 Å². The average Bonchev–Trinajstić information content (AvgIpc) is 2.74. The minimum absolute atomic E-state index is 0.0130. The lowest BCUT2D eigenvalue weighted by molar-refractivity contribution is -0.133. The molecule has 3 aromatic rings. The molecule has 0 spiro atoms. The molecule has 1 heterocycles. The van der Waals surface area contributed by atoms with Crippen LogP contribution in [0.3, 0.4) is 0 Å². The molecule has 2 aromatic carbocycles. The number of rotatable bonds is 7. The summed E-state index contributed by atoms with van der Waals surface area (Å²) in [5.74, 6) is 0.105. The van der Waals surface area contributed by atoms with Crippen LogP contribution in [0, 0.1) is 5.82 Å². The first-order valence-electron chi connectivity index (χ1n) is 10.0. The van der Waals surface area contributed by atoms with Crippen LogP contribution in [0.5, 0.6) is 0 Å². The summed E-state index contributed by atoms with van der Waals surface area (Å²) >= 11 is 0. The average molecular weight is 395 g/mol. The van der Waals surface area contributed by atoms with E-state index in [1.54, 1.807) is 35.2 Å². The number of benzene rings is 2. The van der Waals surface area contributed by atoms with E-state index in [1.807, 2.05) is 19.9 Å². The van der Waals surface area contributed by atoms with Crippen molar-refractivity contribution in [2.45, 2.75) is 46.1 Å². The van der Waals surface area contributed by atoms with Gasteiger partial charge in [-0.05, 0) is 49.7 Å². The zero-order valence-corrected chi connectivity index (χ0v) is 17.1. The van der Waals surface area contributed by atoms with Crippen LogP contribution in [0.15, 0.2) is 53.3 Å². The maximum Gasteiger partial charge on any atom is 0.266 e. The van der Waals surface area contributed by atoms with Crippen molar-refractivity contribution in [2.75, 3.05) is 6.54 Å². The number of carbonyl (C=O) groups is 1. The van der Waals surface area contributed by atoms with E-state index in [0.717, 1.165) is 12.8 Å². The summed E-state index contributed by atoms with van der Waals surface area (Å²) in [6, 6.07) is 12.5. The Balaban J connectivity index is 2.24. The van der Waals surface area contributed by atoms with Crippen molar-refractivity contribution in [1.29, 1.82) is 0 Å². The van der Waals surface area contributed by atoms with E-state index in [-0.39, 0.29) is 17.3 Å². The van der Waals surface area contributed by atoms with Gasteiger partial charge in [-0.15, -0.1) is 0 Å². The Kier molecular flexibility index (Phi) is 6.42. The van der Waals surface area contributed by atoms with Gasteiger partial charge in [-0.25, -0.2) is 9.37 Å². The Morgan fingerprint density at radius 1 is 1.14 bits per heavy atom. The van der Waals surface area contributed by atoms with Gasteiger partial charge in [0, 0.05) is 13.0 Å². The van der Waals surface area contributed by atoms with Crippen LogP contribution in [0.2, 0.25) is 0 Å². The van der Waals surface area contributed by atoms with Gasteiger partial charge in [-0.2, -0.15) is 0 Å². The molecule has 29 heavy (non-hydrogen) atoms. The van der Waals surface area contributed by atoms with Crippen molar-refractivity contribution in [3.8, 4) is 5.69 Å². The maximum absolute atomic E-state index is 13.5. The zero-order valence-electron chi connectivity index (χ0n) is 17.1. The van der Waals surface area contributed by atoms with E-state index in [1.165, 1.54) is 16.7 Å². The Bertz CT molecular complexity index is 1060. The summed E-state index contributed by atoms with van der Waals surface area (Å²) in [7, 11) is 0. The van der Waals surface area contributed by atoms with E-state index >= 15 is 0 Å². The molecule has 0 saturated carbocycles. The molecule has 1 unspecified atom stereocenters. The number of para-hydroxylation sites is 1. The van der Waals surface area contributed by atoms with Crippen LogP contribution >= 0.6 is 0 Å². The molecule has 0 aliphatic rings. The van der Waals surface area contributed by atoms with Crippen molar-refractivity contribution in [2.24, 2.45) is 0 Å². The highest BCUT2D eigenvalue weighted by atomic mass is 19.1. The first-order valence-corrected chi connectivity index (χ1v) is 10.0. The molecule has 0 saturated heterocycles. The Hall–Kier alpha value is -3.02. The Labute approximate surface area is 169 Å². The molecule has 152 valence electrons. The molecule has 6 heteroatoms. The SMILES string of the molecule is CCCCN(C(=O)CC)C(C)c1nc2ccccc2c(=O)n1-c1ccc(F)cc1. The van der Waals surface area contributed by atoms with Gasteiger partial charge < -0.3 is 4.90 Å². The van der Waals surface area contributed by atoms with Gasteiger partial charge in [0.2, 0.25) is 5.91 Å². The van der Waals surface area contributed by atoms with E-state index < -0.39 is 6.04 Å². The van der Waals surface area contributed by atoms with E-state index in [2.05, 4.69) is 6.92 Å². The normalized spacial score (nSPS) is 12.1. The van der Waals surface area contributed by atoms with E-state index in [4.69, 9.17) is 4.98 Å². The van der Waals surface area contributed by atoms with Gasteiger partial charge in [-0.3, -0.25) is 14.2 Å². The molecule has 1 amide bonds. The molecule has 1 aromatic heterocycles. The van der Waals surface area contributed by atoms with Crippen LogP contribution in [-0.2, 0) is 4.79 Å². The van der Waals surface area contributed by atoms with Gasteiger partial charge >= 0.3 is 0 Å². The highest BCUT2D eigenvalue weighted by molar-refractivity contribution is 5.78. The van der Waals surface area contributed by atoms with Crippen LogP contribution in [0.25, 0.3) is 16.6 Å². The predicted molar refractivity (Wildman–Crippen MR) is 113 cm³/mol. The van der Waals surface area contributed by atoms with E-state index in [0.29, 0.717) is 35.4 Å². The van der Waals surface area contributed by atoms with Gasteiger partial charge in [-0.1, -0.05) is 32.4 Å². The van der Waals surface area contributed by atoms with Crippen molar-refractivity contribution < 1.29 is 9.18 Å². The number of unbranched alkanes of at least 4 members (excludes halogenated alkanes) is 1. The lowest BCUT2D eigenvalue weighted by atomic mass is 10.1. The molecule has 0 bridgehead atoms. The van der Waals surface area contributed by atoms with Crippen molar-refractivity contribution >= 4 is 16.8 Å². The Morgan fingerprint density at radius 3 is 2.48 bits per heavy atom. The molecule has 0 radical (unpaired) electrons. The van der Waals surface area contributed by atoms with E-state index in [9.17, 15) is 14.0 Å². The van der Waals surface area contributed by atoms with Crippen molar-refractivity contribution in [3.63, 3.8) is 0 Å². The van der Waals surface area contributed by atoms with Gasteiger partial charge in [0.1, 0.15) is 11.6 Å². The summed E-state index contributed by atoms with van der Waals surface area (Å²) in [4.78, 5) is 32.5. The number of carbonyl (C=O) groups excluding carboxylic acids is 1. The topological polar surface area (TPSA) is 55.2 Å². The summed E-state index contributed by atoms with van der Waals surface area (Å²) < 4.78 is 15.0. The number of amides is 1. The molecular weight excluding hydrogens is 369 g/mol. The molecule has 3 rings (SSSR count). The van der Waals surface area contributed by atoms with Crippen molar-refractivity contribution in [3.05, 3.63) is 70.5 Å². The third kappa shape index (κ3) is 4.21. The quantitative estimate of drug-likeness (QED) is 0.586. The standard InChI is InChI=1S/C23H26FN3O2/c1-4-6-15-26(21(28)5-2)16(3)22-25-20-10-8-7-9-19(20)23(29)27(22)18-13-11-17(24)12-14-18/h7-14,16H,4-6,15H2,1-3H3. The van der Waals surface area contributed by atoms with Crippen molar-refractivity contribution in [1.82, 2.24) is 14.5 Å². The molecule has 0 fully saturated rings. The molecule has 5 nitrogen and oxygen atoms in total. The second-order valence-corrected chi connectivity index (χ2v) is 7.07. The summed E-state index contributed by atoms with van der Waals surface area (Å²) in [5.41, 5.74) is 0.872. The fourth-order valence-corrected chi connectivity index (χ4v) is 3.48. The van der Waals surface area contributed by atoms with Gasteiger partial charge in [0.15, 0.2) is 0 Å². The third-order valence-corrected chi connectivity index (χ3v) is 5.10. The highest BCUT2D eigenvalue weighted by Gasteiger charge is 2.25. The summed E-state index contributed by atoms with van der Waals surface area (Å²) in [5, 5.41) is 0.481. The maximum atomic E-state index is 13.5. The number of aromatic nitrogens is 2. The van der Waals surface area contributed by atoms with Gasteiger partial charge in [0.05, 0.1) is 22.6 Å². The monoisotopic (exact) mass is 395 g/mol. The van der Waals surface area contributed by atoms with Crippen LogP contribution < -0.4 is 5.56 Å². The third-order valence-electron chi connectivity index (χ3n) is 5.10. The number of nitrogens with zero attached hydrogens (tertiary/aromatic N) is 3. The number of hydrogen-bond acceptors (Lipinski definition) is 3. The fraction of sp³-hybridized carbons (Fsp3) is 0.348. The second-order valence-electron chi connectivity index (χ2n) is 7.07. The van der Waals surface area contributed by atoms with Crippen LogP contribution in [0.1, 0.15) is 51.9 Å². The van der Waals surface area contributed by atoms with Crippen LogP contribution in [-0.4, -0.2) is 26.9 Å². The first-order chi connectivity index (χ1) is 14.0. The number of hydrogen-bond donors (Lipinski definition) is 0. The summed E-state index contributed by atoms with van der Waals surface area (Å²) in [6.45, 7) is 6.38. The molecule has 0 N–H and O–H groups in total. The largest absolute Gasteiger partial charge is 0.333 e. The molecule has 0 aliphatic carbocycles. The van der Waals surface area contributed by atoms with Crippen LogP contribution in [0.4, 0.5) is 4.39 Å². The lowest BCUT2D eigenvalue weighted by Gasteiger charge is -2.30. The summed E-state index contributed by atoms with van der Waals surface area (Å²) in [6.07, 6.45) is 2.20. The molecule has 0 aliphatic heterocycles. The smallest absolute Gasteiger partial charge is 0.266 e. The highest BCUT2D eigenvalue weighted by Crippen LogP contribution is 2.24. The molecule has 1 atom stereocenters. The first kappa shape index (κ1) is 20.7. The Morgan fingerprint density at radius 2 is 1.83 bits per heavy atom. The number of halogens is 1. The zero-order chi connectivity index (χ0) is 21.0. The fourth-order valence-electron chi connectivity index (χ4n) is 3.48. The number of fused-ring (bicyclic) bond motifs is 1. The predicted octanol–water partition coefficient (Wildman–Crippen LogP) is 4.62.